The van der Waals surface area contributed by atoms with Gasteiger partial charge in [-0.05, 0) is 25.1 Å². The Morgan fingerprint density at radius 3 is 2.50 bits per heavy atom. The first-order valence-electron chi connectivity index (χ1n) is 7.08. The molecule has 0 aliphatic rings. The highest BCUT2D eigenvalue weighted by Crippen LogP contribution is 2.10. The lowest BCUT2D eigenvalue weighted by molar-refractivity contribution is 0.191. The zero-order chi connectivity index (χ0) is 14.6. The summed E-state index contributed by atoms with van der Waals surface area (Å²) in [6, 6.07) is 4.03. The van der Waals surface area contributed by atoms with Crippen LogP contribution < -0.4 is 10.2 Å². The highest BCUT2D eigenvalue weighted by molar-refractivity contribution is 5.37. The van der Waals surface area contributed by atoms with Gasteiger partial charge in [0.2, 0.25) is 0 Å². The molecule has 0 fully saturated rings. The van der Waals surface area contributed by atoms with Crippen LogP contribution in [0.1, 0.15) is 19.0 Å². The lowest BCUT2D eigenvalue weighted by Gasteiger charge is -2.22. The number of hydrogen-bond donors (Lipinski definition) is 1. The summed E-state index contributed by atoms with van der Waals surface area (Å²) >= 11 is 0. The summed E-state index contributed by atoms with van der Waals surface area (Å²) in [5.41, 5.74) is 0.958. The molecule has 0 atom stereocenters. The van der Waals surface area contributed by atoms with E-state index in [2.05, 4.69) is 27.3 Å². The van der Waals surface area contributed by atoms with Crippen LogP contribution in [0.2, 0.25) is 0 Å². The number of anilines is 1. The second-order valence-corrected chi connectivity index (χ2v) is 4.49. The maximum absolute atomic E-state index is 5.15. The Morgan fingerprint density at radius 1 is 1.10 bits per heavy atom. The number of aromatic nitrogens is 2. The van der Waals surface area contributed by atoms with Gasteiger partial charge >= 0.3 is 0 Å². The Balaban J connectivity index is 2.58. The fourth-order valence-electron chi connectivity index (χ4n) is 1.81. The number of hydrogen-bond acceptors (Lipinski definition) is 6. The highest BCUT2D eigenvalue weighted by Gasteiger charge is 2.08. The molecule has 1 rings (SSSR count). The Morgan fingerprint density at radius 2 is 1.90 bits per heavy atom. The molecule has 0 amide bonds. The highest BCUT2D eigenvalue weighted by atomic mass is 16.5. The molecule has 6 heteroatoms. The molecule has 0 saturated carbocycles. The van der Waals surface area contributed by atoms with Crippen LogP contribution in [0.3, 0.4) is 0 Å². The van der Waals surface area contributed by atoms with E-state index in [0.717, 1.165) is 50.7 Å². The van der Waals surface area contributed by atoms with Crippen LogP contribution >= 0.6 is 0 Å². The van der Waals surface area contributed by atoms with Crippen molar-refractivity contribution in [2.45, 2.75) is 19.9 Å². The van der Waals surface area contributed by atoms with E-state index in [1.54, 1.807) is 14.2 Å². The van der Waals surface area contributed by atoms with Gasteiger partial charge in [0.15, 0.2) is 5.82 Å². The molecule has 0 aromatic carbocycles. The summed E-state index contributed by atoms with van der Waals surface area (Å²) in [6.45, 7) is 6.87. The van der Waals surface area contributed by atoms with Crippen LogP contribution in [-0.4, -0.2) is 57.3 Å². The average molecular weight is 282 g/mol. The van der Waals surface area contributed by atoms with Gasteiger partial charge in [0.25, 0.3) is 0 Å². The molecule has 1 heterocycles. The summed E-state index contributed by atoms with van der Waals surface area (Å²) in [4.78, 5) is 2.17. The van der Waals surface area contributed by atoms with E-state index >= 15 is 0 Å². The lowest BCUT2D eigenvalue weighted by atomic mass is 10.3. The van der Waals surface area contributed by atoms with Crippen molar-refractivity contribution in [3.05, 3.63) is 17.8 Å². The zero-order valence-electron chi connectivity index (χ0n) is 12.8. The summed E-state index contributed by atoms with van der Waals surface area (Å²) in [7, 11) is 3.42. The van der Waals surface area contributed by atoms with Gasteiger partial charge in [0, 0.05) is 40.5 Å². The average Bonchev–Trinajstić information content (AvgIpc) is 2.49. The summed E-state index contributed by atoms with van der Waals surface area (Å²) in [6.07, 6.45) is 0.959. The van der Waals surface area contributed by atoms with Crippen molar-refractivity contribution >= 4 is 5.82 Å². The molecule has 0 aliphatic carbocycles. The van der Waals surface area contributed by atoms with Gasteiger partial charge in [-0.15, -0.1) is 5.10 Å². The minimum Gasteiger partial charge on any atom is -0.385 e. The van der Waals surface area contributed by atoms with E-state index in [0.29, 0.717) is 6.61 Å². The second kappa shape index (κ2) is 10.5. The van der Waals surface area contributed by atoms with Gasteiger partial charge in [-0.3, -0.25) is 0 Å². The van der Waals surface area contributed by atoms with E-state index in [1.807, 2.05) is 12.1 Å². The fourth-order valence-corrected chi connectivity index (χ4v) is 1.81. The number of ether oxygens (including phenoxy) is 2. The predicted octanol–water partition coefficient (Wildman–Crippen LogP) is 1.08. The van der Waals surface area contributed by atoms with Crippen molar-refractivity contribution in [2.24, 2.45) is 0 Å². The lowest BCUT2D eigenvalue weighted by Crippen LogP contribution is -2.30. The molecule has 0 aliphatic heterocycles. The molecule has 6 nitrogen and oxygen atoms in total. The molecule has 0 unspecified atom stereocenters. The Kier molecular flexibility index (Phi) is 8.86. The summed E-state index contributed by atoms with van der Waals surface area (Å²) in [5.74, 6) is 0.887. The fraction of sp³-hybridized carbons (Fsp3) is 0.714. The molecule has 0 radical (unpaired) electrons. The Hall–Kier alpha value is -1.24. The standard InChI is InChI=1S/C14H26N4O2/c1-4-15-12-13-6-7-14(17-16-13)18(9-11-20-3)8-5-10-19-2/h6-7,15H,4-5,8-12H2,1-3H3. The number of rotatable bonds is 11. The third-order valence-electron chi connectivity index (χ3n) is 2.93. The van der Waals surface area contributed by atoms with E-state index in [4.69, 9.17) is 9.47 Å². The van der Waals surface area contributed by atoms with Crippen molar-refractivity contribution < 1.29 is 9.47 Å². The van der Waals surface area contributed by atoms with Crippen molar-refractivity contribution in [1.82, 2.24) is 15.5 Å². The van der Waals surface area contributed by atoms with Crippen molar-refractivity contribution in [3.63, 3.8) is 0 Å². The van der Waals surface area contributed by atoms with Crippen LogP contribution in [0.15, 0.2) is 12.1 Å². The normalized spacial score (nSPS) is 10.8. The minimum absolute atomic E-state index is 0.674. The third kappa shape index (κ3) is 6.27. The van der Waals surface area contributed by atoms with Crippen molar-refractivity contribution in [3.8, 4) is 0 Å². The van der Waals surface area contributed by atoms with Crippen LogP contribution in [0, 0.1) is 0 Å². The quantitative estimate of drug-likeness (QED) is 0.613. The van der Waals surface area contributed by atoms with E-state index < -0.39 is 0 Å². The van der Waals surface area contributed by atoms with Gasteiger partial charge in [0.05, 0.1) is 12.3 Å². The van der Waals surface area contributed by atoms with Crippen molar-refractivity contribution in [1.29, 1.82) is 0 Å². The molecule has 1 aromatic heterocycles. The van der Waals surface area contributed by atoms with Crippen LogP contribution in [0.4, 0.5) is 5.82 Å². The van der Waals surface area contributed by atoms with Crippen LogP contribution in [0.5, 0.6) is 0 Å². The number of nitrogens with zero attached hydrogens (tertiary/aromatic N) is 3. The van der Waals surface area contributed by atoms with Crippen LogP contribution in [0.25, 0.3) is 0 Å². The van der Waals surface area contributed by atoms with Gasteiger partial charge in [-0.2, -0.15) is 5.10 Å². The third-order valence-corrected chi connectivity index (χ3v) is 2.93. The largest absolute Gasteiger partial charge is 0.385 e. The maximum atomic E-state index is 5.15. The first-order valence-corrected chi connectivity index (χ1v) is 7.08. The molecular weight excluding hydrogens is 256 g/mol. The topological polar surface area (TPSA) is 59.5 Å². The number of methoxy groups -OCH3 is 2. The van der Waals surface area contributed by atoms with Gasteiger partial charge in [0.1, 0.15) is 0 Å². The predicted molar refractivity (Wildman–Crippen MR) is 80.0 cm³/mol. The molecule has 1 aromatic rings. The summed E-state index contributed by atoms with van der Waals surface area (Å²) in [5, 5.41) is 11.8. The van der Waals surface area contributed by atoms with Gasteiger partial charge in [-0.25, -0.2) is 0 Å². The van der Waals surface area contributed by atoms with E-state index in [1.165, 1.54) is 0 Å². The van der Waals surface area contributed by atoms with E-state index in [9.17, 15) is 0 Å². The first kappa shape index (κ1) is 16.8. The van der Waals surface area contributed by atoms with Gasteiger partial charge < -0.3 is 19.7 Å². The molecule has 114 valence electrons. The molecule has 0 bridgehead atoms. The molecular formula is C14H26N4O2. The first-order chi connectivity index (χ1) is 9.81. The smallest absolute Gasteiger partial charge is 0.151 e. The summed E-state index contributed by atoms with van der Waals surface area (Å²) < 4.78 is 10.2. The molecule has 1 N–H and O–H groups in total. The van der Waals surface area contributed by atoms with E-state index in [-0.39, 0.29) is 0 Å². The minimum atomic E-state index is 0.674. The van der Waals surface area contributed by atoms with Crippen LogP contribution in [-0.2, 0) is 16.0 Å². The Labute approximate surface area is 121 Å². The molecule has 20 heavy (non-hydrogen) atoms. The molecule has 0 saturated heterocycles. The van der Waals surface area contributed by atoms with Gasteiger partial charge in [-0.1, -0.05) is 6.92 Å². The Bertz CT molecular complexity index is 346. The SMILES string of the molecule is CCNCc1ccc(N(CCCOC)CCOC)nn1. The second-order valence-electron chi connectivity index (χ2n) is 4.49. The monoisotopic (exact) mass is 282 g/mol. The zero-order valence-corrected chi connectivity index (χ0v) is 12.8. The maximum Gasteiger partial charge on any atom is 0.151 e. The number of nitrogens with one attached hydrogen (secondary N) is 1. The van der Waals surface area contributed by atoms with Crippen molar-refractivity contribution in [2.75, 3.05) is 52.0 Å². The molecule has 0 spiro atoms.